The van der Waals surface area contributed by atoms with Gasteiger partial charge in [0, 0.05) is 11.6 Å². The van der Waals surface area contributed by atoms with E-state index in [0.717, 1.165) is 30.0 Å². The molecule has 0 bridgehead atoms. The monoisotopic (exact) mass is 276 g/mol. The molecule has 1 aromatic carbocycles. The first-order valence-corrected chi connectivity index (χ1v) is 7.40. The van der Waals surface area contributed by atoms with Gasteiger partial charge in [-0.2, -0.15) is 0 Å². The minimum absolute atomic E-state index is 0.00861. The number of hydrogen-bond donors (Lipinski definition) is 1. The third-order valence-corrected chi connectivity index (χ3v) is 4.70. The van der Waals surface area contributed by atoms with Crippen LogP contribution in [-0.4, -0.2) is 22.9 Å². The summed E-state index contributed by atoms with van der Waals surface area (Å²) in [7, 11) is 0. The molecule has 1 atom stereocenters. The maximum absolute atomic E-state index is 12.6. The summed E-state index contributed by atoms with van der Waals surface area (Å²) in [5, 5.41) is 4.27. The van der Waals surface area contributed by atoms with E-state index in [-0.39, 0.29) is 11.7 Å². The van der Waals surface area contributed by atoms with Gasteiger partial charge in [-0.05, 0) is 49.3 Å². The van der Waals surface area contributed by atoms with Crippen LogP contribution in [0.1, 0.15) is 37.4 Å². The van der Waals surface area contributed by atoms with Gasteiger partial charge in [0.2, 0.25) is 5.91 Å². The van der Waals surface area contributed by atoms with E-state index in [2.05, 4.69) is 11.4 Å². The van der Waals surface area contributed by atoms with Crippen LogP contribution in [0.4, 0.5) is 0 Å². The number of benzene rings is 1. The summed E-state index contributed by atoms with van der Waals surface area (Å²) in [6, 6.07) is 7.85. The van der Waals surface area contributed by atoms with Gasteiger partial charge in [0.25, 0.3) is 0 Å². The van der Waals surface area contributed by atoms with E-state index >= 15 is 0 Å². The summed E-state index contributed by atoms with van der Waals surface area (Å²) < 4.78 is 0. The second-order valence-electron chi connectivity index (χ2n) is 6.08. The van der Waals surface area contributed by atoms with Crippen molar-refractivity contribution in [3.05, 3.63) is 34.9 Å². The molecule has 1 saturated heterocycles. The van der Waals surface area contributed by atoms with Crippen LogP contribution >= 0.6 is 11.6 Å². The van der Waals surface area contributed by atoms with Crippen LogP contribution in [-0.2, 0) is 4.79 Å². The van der Waals surface area contributed by atoms with Crippen molar-refractivity contribution in [1.29, 1.82) is 0 Å². The molecule has 1 N–H and O–H groups in total. The standard InChI is InChI=1S/C15H17ClN2O/c16-12-3-1-2-11(8-12)13-17-15(6-7-15)14(19)18(13)9-10-4-5-10/h1-3,8,10,13,17H,4-7,9H2. The highest BCUT2D eigenvalue weighted by Crippen LogP contribution is 2.47. The minimum Gasteiger partial charge on any atom is -0.321 e. The first kappa shape index (κ1) is 11.7. The Morgan fingerprint density at radius 3 is 2.79 bits per heavy atom. The Morgan fingerprint density at radius 1 is 1.37 bits per heavy atom. The molecule has 0 radical (unpaired) electrons. The van der Waals surface area contributed by atoms with E-state index in [9.17, 15) is 4.79 Å². The fourth-order valence-corrected chi connectivity index (χ4v) is 3.18. The molecule has 19 heavy (non-hydrogen) atoms. The molecule has 4 heteroatoms. The first-order valence-electron chi connectivity index (χ1n) is 7.02. The second kappa shape index (κ2) is 3.97. The first-order chi connectivity index (χ1) is 9.18. The zero-order valence-electron chi connectivity index (χ0n) is 10.7. The van der Waals surface area contributed by atoms with E-state index in [4.69, 9.17) is 11.6 Å². The largest absolute Gasteiger partial charge is 0.321 e. The van der Waals surface area contributed by atoms with Crippen LogP contribution in [0, 0.1) is 5.92 Å². The number of hydrogen-bond acceptors (Lipinski definition) is 2. The molecule has 3 aliphatic rings. The number of halogens is 1. The fraction of sp³-hybridized carbons (Fsp3) is 0.533. The third-order valence-electron chi connectivity index (χ3n) is 4.46. The Morgan fingerprint density at radius 2 is 2.16 bits per heavy atom. The molecule has 100 valence electrons. The van der Waals surface area contributed by atoms with Crippen molar-refractivity contribution in [2.24, 2.45) is 5.92 Å². The zero-order chi connectivity index (χ0) is 13.0. The van der Waals surface area contributed by atoms with Gasteiger partial charge in [-0.25, -0.2) is 0 Å². The molecule has 3 nitrogen and oxygen atoms in total. The Kier molecular flexibility index (Phi) is 2.45. The molecule has 1 aromatic rings. The van der Waals surface area contributed by atoms with Gasteiger partial charge >= 0.3 is 0 Å². The van der Waals surface area contributed by atoms with Crippen LogP contribution in [0.15, 0.2) is 24.3 Å². The highest BCUT2D eigenvalue weighted by Gasteiger charge is 2.59. The van der Waals surface area contributed by atoms with Crippen molar-refractivity contribution in [3.63, 3.8) is 0 Å². The third kappa shape index (κ3) is 1.96. The molecule has 1 spiro atoms. The normalized spacial score (nSPS) is 28.2. The van der Waals surface area contributed by atoms with Crippen LogP contribution in [0.3, 0.4) is 0 Å². The van der Waals surface area contributed by atoms with Gasteiger partial charge in [0.05, 0.1) is 0 Å². The Bertz CT molecular complexity index is 537. The van der Waals surface area contributed by atoms with Crippen molar-refractivity contribution in [3.8, 4) is 0 Å². The molecule has 4 rings (SSSR count). The van der Waals surface area contributed by atoms with Gasteiger partial charge in [0.1, 0.15) is 11.7 Å². The Labute approximate surface area is 117 Å². The molecule has 1 amide bonds. The molecule has 2 aliphatic carbocycles. The average molecular weight is 277 g/mol. The number of nitrogens with zero attached hydrogens (tertiary/aromatic N) is 1. The van der Waals surface area contributed by atoms with Crippen LogP contribution in [0.2, 0.25) is 5.02 Å². The lowest BCUT2D eigenvalue weighted by Gasteiger charge is -2.24. The quantitative estimate of drug-likeness (QED) is 0.921. The summed E-state index contributed by atoms with van der Waals surface area (Å²) in [5.41, 5.74) is 0.854. The fourth-order valence-electron chi connectivity index (χ4n) is 2.98. The lowest BCUT2D eigenvalue weighted by molar-refractivity contribution is -0.131. The predicted octanol–water partition coefficient (Wildman–Crippen LogP) is 2.71. The van der Waals surface area contributed by atoms with Crippen LogP contribution in [0.5, 0.6) is 0 Å². The lowest BCUT2D eigenvalue weighted by atomic mass is 10.1. The van der Waals surface area contributed by atoms with Gasteiger partial charge in [-0.3, -0.25) is 10.1 Å². The van der Waals surface area contributed by atoms with Crippen molar-refractivity contribution < 1.29 is 4.79 Å². The molecular weight excluding hydrogens is 260 g/mol. The smallest absolute Gasteiger partial charge is 0.244 e. The van der Waals surface area contributed by atoms with E-state index in [1.54, 1.807) is 0 Å². The van der Waals surface area contributed by atoms with Gasteiger partial charge in [0.15, 0.2) is 0 Å². The Hall–Kier alpha value is -1.06. The van der Waals surface area contributed by atoms with E-state index in [1.807, 2.05) is 23.1 Å². The summed E-state index contributed by atoms with van der Waals surface area (Å²) >= 11 is 6.08. The second-order valence-corrected chi connectivity index (χ2v) is 6.52. The van der Waals surface area contributed by atoms with Crippen molar-refractivity contribution in [2.45, 2.75) is 37.4 Å². The van der Waals surface area contributed by atoms with E-state index in [0.29, 0.717) is 11.8 Å². The topological polar surface area (TPSA) is 32.3 Å². The number of amides is 1. The molecule has 0 aromatic heterocycles. The molecule has 1 heterocycles. The summed E-state index contributed by atoms with van der Waals surface area (Å²) in [6.07, 6.45) is 4.49. The average Bonchev–Trinajstić information content (AvgIpc) is 3.28. The number of carbonyl (C=O) groups is 1. The number of rotatable bonds is 3. The molecule has 3 fully saturated rings. The number of nitrogens with one attached hydrogen (secondary N) is 1. The molecule has 1 unspecified atom stereocenters. The van der Waals surface area contributed by atoms with Crippen LogP contribution < -0.4 is 5.32 Å². The molecule has 2 saturated carbocycles. The Balaban J connectivity index is 1.66. The van der Waals surface area contributed by atoms with Crippen molar-refractivity contribution in [1.82, 2.24) is 10.2 Å². The summed E-state index contributed by atoms with van der Waals surface area (Å²) in [5.74, 6) is 1.01. The van der Waals surface area contributed by atoms with E-state index in [1.165, 1.54) is 12.8 Å². The maximum atomic E-state index is 12.6. The minimum atomic E-state index is -0.248. The summed E-state index contributed by atoms with van der Waals surface area (Å²) in [4.78, 5) is 14.6. The van der Waals surface area contributed by atoms with Crippen LogP contribution in [0.25, 0.3) is 0 Å². The predicted molar refractivity (Wildman–Crippen MR) is 73.7 cm³/mol. The van der Waals surface area contributed by atoms with Gasteiger partial charge < -0.3 is 4.90 Å². The van der Waals surface area contributed by atoms with Gasteiger partial charge in [-0.1, -0.05) is 23.7 Å². The van der Waals surface area contributed by atoms with E-state index < -0.39 is 0 Å². The number of carbonyl (C=O) groups excluding carboxylic acids is 1. The van der Waals surface area contributed by atoms with Crippen molar-refractivity contribution >= 4 is 17.5 Å². The SMILES string of the molecule is O=C1N(CC2CC2)C(c2cccc(Cl)c2)NC12CC2. The van der Waals surface area contributed by atoms with Gasteiger partial charge in [-0.15, -0.1) is 0 Å². The maximum Gasteiger partial charge on any atom is 0.244 e. The summed E-state index contributed by atoms with van der Waals surface area (Å²) in [6.45, 7) is 0.894. The highest BCUT2D eigenvalue weighted by atomic mass is 35.5. The zero-order valence-corrected chi connectivity index (χ0v) is 11.5. The molecule has 1 aliphatic heterocycles. The molecular formula is C15H17ClN2O. The lowest BCUT2D eigenvalue weighted by Crippen LogP contribution is -2.33. The highest BCUT2D eigenvalue weighted by molar-refractivity contribution is 6.30. The van der Waals surface area contributed by atoms with Crippen molar-refractivity contribution in [2.75, 3.05) is 6.54 Å².